The van der Waals surface area contributed by atoms with Gasteiger partial charge in [0, 0.05) is 17.8 Å². The maximum absolute atomic E-state index is 13.1. The second-order valence-corrected chi connectivity index (χ2v) is 7.59. The molecule has 4 N–H and O–H groups in total. The number of amides is 1. The number of anilines is 2. The molecule has 0 saturated heterocycles. The smallest absolute Gasteiger partial charge is 0.240 e. The van der Waals surface area contributed by atoms with Gasteiger partial charge in [0.15, 0.2) is 17.3 Å². The summed E-state index contributed by atoms with van der Waals surface area (Å²) in [5, 5.41) is 22.3. The summed E-state index contributed by atoms with van der Waals surface area (Å²) in [6, 6.07) is 15.4. The van der Waals surface area contributed by atoms with Crippen molar-refractivity contribution >= 4 is 34.2 Å². The number of nitrogens with zero attached hydrogens (tertiary/aromatic N) is 5. The fraction of sp³-hybridized carbons (Fsp3) is 0.280. The van der Waals surface area contributed by atoms with Gasteiger partial charge in [0.2, 0.25) is 11.7 Å². The zero-order chi connectivity index (χ0) is 26.1. The summed E-state index contributed by atoms with van der Waals surface area (Å²) in [7, 11) is 0. The number of nitrogens with one attached hydrogen (secondary N) is 2. The normalized spacial score (nSPS) is 11.2. The summed E-state index contributed by atoms with van der Waals surface area (Å²) in [5.74, 6) is 0.281. The lowest BCUT2D eigenvalue weighted by Gasteiger charge is -2.10. The second-order valence-electron chi connectivity index (χ2n) is 7.59. The molecule has 0 radical (unpaired) electrons. The van der Waals surface area contributed by atoms with Gasteiger partial charge in [-0.3, -0.25) is 9.59 Å². The molecule has 0 fully saturated rings. The van der Waals surface area contributed by atoms with Crippen LogP contribution in [0, 0.1) is 11.3 Å². The van der Waals surface area contributed by atoms with Crippen molar-refractivity contribution in [2.45, 2.75) is 39.8 Å². The molecule has 4 rings (SSSR count). The van der Waals surface area contributed by atoms with Crippen molar-refractivity contribution in [3.8, 4) is 17.6 Å². The van der Waals surface area contributed by atoms with Gasteiger partial charge in [-0.2, -0.15) is 5.26 Å². The molecule has 1 amide bonds. The number of imidazole rings is 1. The highest BCUT2D eigenvalue weighted by Gasteiger charge is 2.22. The van der Waals surface area contributed by atoms with E-state index in [1.54, 1.807) is 35.8 Å². The van der Waals surface area contributed by atoms with Crippen molar-refractivity contribution in [2.24, 2.45) is 5.73 Å². The molecule has 0 spiro atoms. The molecule has 2 aromatic carbocycles. The van der Waals surface area contributed by atoms with E-state index in [9.17, 15) is 9.59 Å². The number of ketones is 1. The van der Waals surface area contributed by atoms with Gasteiger partial charge < -0.3 is 20.9 Å². The number of fused-ring (bicyclic) bond motifs is 1. The highest BCUT2D eigenvalue weighted by atomic mass is 16.6. The fourth-order valence-corrected chi connectivity index (χ4v) is 3.33. The molecule has 11 nitrogen and oxygen atoms in total. The van der Waals surface area contributed by atoms with E-state index in [0.717, 1.165) is 5.52 Å². The highest BCUT2D eigenvalue weighted by molar-refractivity contribution is 5.99. The van der Waals surface area contributed by atoms with Crippen LogP contribution >= 0.6 is 0 Å². The number of Topliss-reactive ketones (excluding diaryl/α,β-unsaturated/α-hetero) is 1. The highest BCUT2D eigenvalue weighted by Crippen LogP contribution is 2.28. The fourth-order valence-electron chi connectivity index (χ4n) is 3.33. The molecule has 1 atom stereocenters. The molecule has 0 aliphatic rings. The average Bonchev–Trinajstić information content (AvgIpc) is 3.50. The van der Waals surface area contributed by atoms with E-state index in [0.29, 0.717) is 40.6 Å². The number of nitrogens with two attached hydrogens (primary N) is 1. The SMILES string of the molecule is CC.CC(N)C(=O)Nc1ccc(C(=O)Cn2c(-c3nonc3NCCC#N)nc3ccccc32)cc1. The number of rotatable bonds is 9. The first-order chi connectivity index (χ1) is 17.5. The third kappa shape index (κ3) is 5.92. The van der Waals surface area contributed by atoms with E-state index in [4.69, 9.17) is 15.6 Å². The van der Waals surface area contributed by atoms with Crippen molar-refractivity contribution in [1.82, 2.24) is 19.9 Å². The Kier molecular flexibility index (Phi) is 8.85. The Balaban J connectivity index is 0.00000176. The van der Waals surface area contributed by atoms with Gasteiger partial charge in [-0.05, 0) is 53.6 Å². The Hall–Kier alpha value is -4.56. The lowest BCUT2D eigenvalue weighted by atomic mass is 10.1. The van der Waals surface area contributed by atoms with Crippen LogP contribution in [0.3, 0.4) is 0 Å². The van der Waals surface area contributed by atoms with Gasteiger partial charge >= 0.3 is 0 Å². The summed E-state index contributed by atoms with van der Waals surface area (Å²) in [6.45, 7) is 5.95. The van der Waals surface area contributed by atoms with Crippen LogP contribution in [0.2, 0.25) is 0 Å². The zero-order valence-electron chi connectivity index (χ0n) is 20.4. The van der Waals surface area contributed by atoms with E-state index in [-0.39, 0.29) is 24.7 Å². The molecule has 2 heterocycles. The van der Waals surface area contributed by atoms with Crippen molar-refractivity contribution in [2.75, 3.05) is 17.2 Å². The van der Waals surface area contributed by atoms with Gasteiger partial charge in [-0.25, -0.2) is 9.61 Å². The van der Waals surface area contributed by atoms with Crippen LogP contribution in [0.15, 0.2) is 53.2 Å². The number of carbonyl (C=O) groups excluding carboxylic acids is 2. The molecule has 4 aromatic rings. The minimum absolute atomic E-state index is 0.00805. The van der Waals surface area contributed by atoms with Crippen molar-refractivity contribution < 1.29 is 14.2 Å². The number of nitriles is 1. The molecule has 0 aliphatic heterocycles. The maximum Gasteiger partial charge on any atom is 0.240 e. The standard InChI is InChI=1S/C23H22N8O3.C2H6/c1-14(25)23(33)27-16-9-7-15(8-10-16)19(32)13-31-18-6-3-2-5-17(18)28-22(31)20-21(30-34-29-20)26-12-4-11-24;1-2/h2-3,5-10,14H,4,12-13,25H2,1H3,(H,26,30)(H,27,33);1-2H3. The molecule has 0 aliphatic carbocycles. The number of aromatic nitrogens is 4. The number of hydrogen-bond donors (Lipinski definition) is 3. The quantitative estimate of drug-likeness (QED) is 0.236. The molecule has 1 unspecified atom stereocenters. The zero-order valence-corrected chi connectivity index (χ0v) is 20.4. The predicted octanol–water partition coefficient (Wildman–Crippen LogP) is 3.61. The van der Waals surface area contributed by atoms with Crippen LogP contribution in [0.1, 0.15) is 37.6 Å². The van der Waals surface area contributed by atoms with Crippen LogP contribution in [0.4, 0.5) is 11.5 Å². The van der Waals surface area contributed by atoms with E-state index in [1.165, 1.54) is 0 Å². The van der Waals surface area contributed by atoms with Gasteiger partial charge in [0.05, 0.1) is 36.1 Å². The molecule has 186 valence electrons. The molecule has 2 aromatic heterocycles. The van der Waals surface area contributed by atoms with Gasteiger partial charge in [-0.1, -0.05) is 26.0 Å². The summed E-state index contributed by atoms with van der Waals surface area (Å²) in [5.41, 5.74) is 8.37. The molecular formula is C25H28N8O3. The minimum atomic E-state index is -0.639. The number of para-hydroxylation sites is 2. The summed E-state index contributed by atoms with van der Waals surface area (Å²) in [6.07, 6.45) is 0.280. The Bertz CT molecular complexity index is 1370. The van der Waals surface area contributed by atoms with Crippen LogP contribution in [-0.4, -0.2) is 44.1 Å². The summed E-state index contributed by atoms with van der Waals surface area (Å²) >= 11 is 0. The third-order valence-electron chi connectivity index (χ3n) is 5.07. The van der Waals surface area contributed by atoms with E-state index < -0.39 is 6.04 Å². The maximum atomic E-state index is 13.1. The molecular weight excluding hydrogens is 460 g/mol. The van der Waals surface area contributed by atoms with E-state index in [1.807, 2.05) is 38.1 Å². The lowest BCUT2D eigenvalue weighted by molar-refractivity contribution is -0.117. The molecule has 0 bridgehead atoms. The van der Waals surface area contributed by atoms with Gasteiger partial charge in [0.25, 0.3) is 0 Å². The first-order valence-electron chi connectivity index (χ1n) is 11.6. The van der Waals surface area contributed by atoms with Crippen molar-refractivity contribution in [3.63, 3.8) is 0 Å². The first kappa shape index (κ1) is 26.1. The Labute approximate surface area is 208 Å². The van der Waals surface area contributed by atoms with Gasteiger partial charge in [0.1, 0.15) is 0 Å². The van der Waals surface area contributed by atoms with Crippen molar-refractivity contribution in [3.05, 3.63) is 54.1 Å². The topological polar surface area (TPSA) is 165 Å². The molecule has 11 heteroatoms. The molecule has 36 heavy (non-hydrogen) atoms. The Morgan fingerprint density at radius 2 is 1.86 bits per heavy atom. The summed E-state index contributed by atoms with van der Waals surface area (Å²) < 4.78 is 6.65. The van der Waals surface area contributed by atoms with Crippen LogP contribution in [-0.2, 0) is 11.3 Å². The second kappa shape index (κ2) is 12.2. The van der Waals surface area contributed by atoms with Crippen LogP contribution < -0.4 is 16.4 Å². The van der Waals surface area contributed by atoms with E-state index in [2.05, 4.69) is 32.0 Å². The van der Waals surface area contributed by atoms with E-state index >= 15 is 0 Å². The number of benzene rings is 2. The Morgan fingerprint density at radius 1 is 1.14 bits per heavy atom. The Morgan fingerprint density at radius 3 is 2.56 bits per heavy atom. The summed E-state index contributed by atoms with van der Waals surface area (Å²) in [4.78, 5) is 29.6. The largest absolute Gasteiger partial charge is 0.364 e. The third-order valence-corrected chi connectivity index (χ3v) is 5.07. The van der Waals surface area contributed by atoms with Gasteiger partial charge in [-0.15, -0.1) is 0 Å². The molecule has 0 saturated carbocycles. The van der Waals surface area contributed by atoms with Crippen LogP contribution in [0.5, 0.6) is 0 Å². The van der Waals surface area contributed by atoms with Crippen LogP contribution in [0.25, 0.3) is 22.6 Å². The number of carbonyl (C=O) groups is 2. The first-order valence-corrected chi connectivity index (χ1v) is 11.6. The number of hydrogen-bond acceptors (Lipinski definition) is 9. The lowest BCUT2D eigenvalue weighted by Crippen LogP contribution is -2.32. The average molecular weight is 489 g/mol. The monoisotopic (exact) mass is 488 g/mol. The van der Waals surface area contributed by atoms with Crippen molar-refractivity contribution in [1.29, 1.82) is 5.26 Å². The predicted molar refractivity (Wildman–Crippen MR) is 136 cm³/mol. The minimum Gasteiger partial charge on any atom is -0.364 e.